The van der Waals surface area contributed by atoms with E-state index in [4.69, 9.17) is 9.15 Å². The fourth-order valence-electron chi connectivity index (χ4n) is 2.82. The van der Waals surface area contributed by atoms with E-state index in [0.717, 1.165) is 0 Å². The Hall–Kier alpha value is -2.62. The molecule has 0 amide bonds. The van der Waals surface area contributed by atoms with Crippen LogP contribution in [0.3, 0.4) is 0 Å². The number of benzene rings is 2. The average molecular weight is 264 g/mol. The number of aromatic nitrogens is 2. The Balaban J connectivity index is 1.72. The van der Waals surface area contributed by atoms with Crippen molar-refractivity contribution in [1.29, 1.82) is 0 Å². The first-order valence-electron chi connectivity index (χ1n) is 6.50. The number of hydrogen-bond donors (Lipinski definition) is 0. The maximum Gasteiger partial charge on any atom is 0.414 e. The highest BCUT2D eigenvalue weighted by molar-refractivity contribution is 5.78. The molecule has 4 nitrogen and oxygen atoms in total. The topological polar surface area (TPSA) is 48.2 Å². The lowest BCUT2D eigenvalue weighted by molar-refractivity contribution is 0.223. The van der Waals surface area contributed by atoms with Crippen molar-refractivity contribution in [2.24, 2.45) is 0 Å². The molecule has 1 heterocycles. The van der Waals surface area contributed by atoms with Gasteiger partial charge >= 0.3 is 6.08 Å². The molecule has 98 valence electrons. The van der Waals surface area contributed by atoms with Crippen molar-refractivity contribution in [3.05, 3.63) is 66.1 Å². The Kier molecular flexibility index (Phi) is 2.52. The van der Waals surface area contributed by atoms with Crippen LogP contribution in [0.1, 0.15) is 17.0 Å². The van der Waals surface area contributed by atoms with Gasteiger partial charge < -0.3 is 9.15 Å². The fourth-order valence-corrected chi connectivity index (χ4v) is 2.82. The fraction of sp³-hybridized carbons (Fsp3) is 0.125. The number of rotatable bonds is 3. The predicted molar refractivity (Wildman–Crippen MR) is 73.5 cm³/mol. The van der Waals surface area contributed by atoms with Crippen molar-refractivity contribution in [2.45, 2.75) is 5.92 Å². The molecular weight excluding hydrogens is 252 g/mol. The molecule has 0 unspecified atom stereocenters. The Morgan fingerprint density at radius 1 is 0.950 bits per heavy atom. The zero-order valence-corrected chi connectivity index (χ0v) is 10.7. The second-order valence-electron chi connectivity index (χ2n) is 4.74. The molecule has 1 aromatic heterocycles. The van der Waals surface area contributed by atoms with Crippen LogP contribution in [-0.4, -0.2) is 16.8 Å². The maximum atomic E-state index is 5.60. The van der Waals surface area contributed by atoms with Crippen LogP contribution in [0.4, 0.5) is 0 Å². The number of ether oxygens (including phenoxy) is 1. The summed E-state index contributed by atoms with van der Waals surface area (Å²) in [5.41, 5.74) is 5.13. The van der Waals surface area contributed by atoms with Gasteiger partial charge in [-0.3, -0.25) is 0 Å². The minimum Gasteiger partial charge on any atom is -0.448 e. The zero-order valence-electron chi connectivity index (χ0n) is 10.7. The first-order valence-corrected chi connectivity index (χ1v) is 6.50. The van der Waals surface area contributed by atoms with Crippen LogP contribution in [-0.2, 0) is 0 Å². The lowest BCUT2D eigenvalue weighted by Crippen LogP contribution is -2.09. The Bertz CT molecular complexity index is 692. The quantitative estimate of drug-likeness (QED) is 0.728. The smallest absolute Gasteiger partial charge is 0.414 e. The molecule has 4 heteroatoms. The third kappa shape index (κ3) is 1.69. The Labute approximate surface area is 116 Å². The maximum absolute atomic E-state index is 5.60. The van der Waals surface area contributed by atoms with Crippen LogP contribution in [0, 0.1) is 0 Å². The van der Waals surface area contributed by atoms with E-state index in [9.17, 15) is 0 Å². The van der Waals surface area contributed by atoms with Gasteiger partial charge in [0.1, 0.15) is 6.61 Å². The summed E-state index contributed by atoms with van der Waals surface area (Å²) in [7, 11) is 0. The van der Waals surface area contributed by atoms with Gasteiger partial charge in [-0.2, -0.15) is 0 Å². The van der Waals surface area contributed by atoms with Gasteiger partial charge in [0.15, 0.2) is 0 Å². The van der Waals surface area contributed by atoms with E-state index in [-0.39, 0.29) is 12.0 Å². The van der Waals surface area contributed by atoms with Gasteiger partial charge in [0.05, 0.1) is 0 Å². The van der Waals surface area contributed by atoms with E-state index < -0.39 is 0 Å². The van der Waals surface area contributed by atoms with Gasteiger partial charge in [0.25, 0.3) is 0 Å². The zero-order chi connectivity index (χ0) is 13.4. The molecule has 0 saturated heterocycles. The molecular formula is C16H12N2O2. The molecule has 4 rings (SSSR count). The van der Waals surface area contributed by atoms with Crippen molar-refractivity contribution in [3.8, 4) is 17.2 Å². The van der Waals surface area contributed by atoms with Crippen molar-refractivity contribution in [2.75, 3.05) is 6.61 Å². The van der Waals surface area contributed by atoms with Gasteiger partial charge in [0.2, 0.25) is 6.39 Å². The molecule has 1 aliphatic carbocycles. The van der Waals surface area contributed by atoms with E-state index in [2.05, 4.69) is 58.7 Å². The Morgan fingerprint density at radius 2 is 1.60 bits per heavy atom. The highest BCUT2D eigenvalue weighted by Crippen LogP contribution is 2.44. The van der Waals surface area contributed by atoms with Gasteiger partial charge in [0, 0.05) is 5.92 Å². The van der Waals surface area contributed by atoms with Crippen LogP contribution in [0.15, 0.2) is 59.3 Å². The third-order valence-corrected chi connectivity index (χ3v) is 3.68. The molecule has 20 heavy (non-hydrogen) atoms. The summed E-state index contributed by atoms with van der Waals surface area (Å²) in [4.78, 5) is 0. The highest BCUT2D eigenvalue weighted by atomic mass is 16.6. The highest BCUT2D eigenvalue weighted by Gasteiger charge is 2.28. The standard InChI is InChI=1S/C16H12N2O2/c1-3-7-13-11(5-1)12-6-2-4-8-14(12)15(13)9-19-16-18-17-10-20-16/h1-8,10,15H,9H2. The average Bonchev–Trinajstić information content (AvgIpc) is 3.11. The molecule has 0 radical (unpaired) electrons. The van der Waals surface area contributed by atoms with E-state index in [0.29, 0.717) is 6.61 Å². The van der Waals surface area contributed by atoms with Gasteiger partial charge in [-0.25, -0.2) is 0 Å². The van der Waals surface area contributed by atoms with Gasteiger partial charge in [-0.05, 0) is 22.3 Å². The van der Waals surface area contributed by atoms with Crippen LogP contribution in [0.25, 0.3) is 11.1 Å². The second kappa shape index (κ2) is 4.49. The van der Waals surface area contributed by atoms with Gasteiger partial charge in [-0.1, -0.05) is 53.6 Å². The molecule has 0 N–H and O–H groups in total. The minimum atomic E-state index is 0.203. The van der Waals surface area contributed by atoms with Crippen molar-refractivity contribution in [1.82, 2.24) is 10.2 Å². The van der Waals surface area contributed by atoms with Crippen LogP contribution < -0.4 is 4.74 Å². The predicted octanol–water partition coefficient (Wildman–Crippen LogP) is 3.26. The molecule has 0 spiro atoms. The Morgan fingerprint density at radius 3 is 2.20 bits per heavy atom. The number of nitrogens with zero attached hydrogens (tertiary/aromatic N) is 2. The molecule has 2 aromatic carbocycles. The summed E-state index contributed by atoms with van der Waals surface area (Å²) >= 11 is 0. The monoisotopic (exact) mass is 264 g/mol. The van der Waals surface area contributed by atoms with Crippen molar-refractivity contribution >= 4 is 0 Å². The number of hydrogen-bond acceptors (Lipinski definition) is 4. The van der Waals surface area contributed by atoms with E-state index in [1.165, 1.54) is 28.6 Å². The minimum absolute atomic E-state index is 0.203. The molecule has 3 aromatic rings. The lowest BCUT2D eigenvalue weighted by Gasteiger charge is -2.12. The third-order valence-electron chi connectivity index (χ3n) is 3.68. The molecule has 0 saturated carbocycles. The largest absolute Gasteiger partial charge is 0.448 e. The van der Waals surface area contributed by atoms with Crippen LogP contribution in [0.5, 0.6) is 6.08 Å². The van der Waals surface area contributed by atoms with E-state index in [1.807, 2.05) is 0 Å². The molecule has 0 atom stereocenters. The summed E-state index contributed by atoms with van der Waals surface area (Å²) in [6.07, 6.45) is 1.48. The molecule has 0 aliphatic heterocycles. The SMILES string of the molecule is c1ccc2c(c1)-c1ccccc1C2COc1nnco1. The first-order chi connectivity index (χ1) is 9.93. The van der Waals surface area contributed by atoms with Crippen molar-refractivity contribution < 1.29 is 9.15 Å². The summed E-state index contributed by atoms with van der Waals surface area (Å²) in [5.74, 6) is 0.203. The molecule has 1 aliphatic rings. The van der Waals surface area contributed by atoms with Gasteiger partial charge in [-0.15, -0.1) is 5.10 Å². The normalized spacial score (nSPS) is 13.0. The molecule has 0 fully saturated rings. The van der Waals surface area contributed by atoms with Crippen LogP contribution in [0.2, 0.25) is 0 Å². The molecule has 0 bridgehead atoms. The van der Waals surface area contributed by atoms with E-state index in [1.54, 1.807) is 0 Å². The van der Waals surface area contributed by atoms with Crippen molar-refractivity contribution in [3.63, 3.8) is 0 Å². The summed E-state index contributed by atoms with van der Waals surface area (Å²) in [6, 6.07) is 16.9. The van der Waals surface area contributed by atoms with E-state index >= 15 is 0 Å². The second-order valence-corrected chi connectivity index (χ2v) is 4.74. The lowest BCUT2D eigenvalue weighted by atomic mass is 9.98. The summed E-state index contributed by atoms with van der Waals surface area (Å²) in [5, 5.41) is 7.36. The summed E-state index contributed by atoms with van der Waals surface area (Å²) < 4.78 is 10.6. The first kappa shape index (κ1) is 11.2. The number of fused-ring (bicyclic) bond motifs is 3. The van der Waals surface area contributed by atoms with Crippen LogP contribution >= 0.6 is 0 Å². The summed E-state index contributed by atoms with van der Waals surface area (Å²) in [6.45, 7) is 0.496.